The Labute approximate surface area is 106 Å². The average Bonchev–Trinajstić information content (AvgIpc) is 2.71. The van der Waals surface area contributed by atoms with Gasteiger partial charge < -0.3 is 10.7 Å². The van der Waals surface area contributed by atoms with E-state index in [1.54, 1.807) is 12.4 Å². The van der Waals surface area contributed by atoms with Crippen LogP contribution < -0.4 is 5.73 Å². The summed E-state index contributed by atoms with van der Waals surface area (Å²) >= 11 is 3.42. The lowest BCUT2D eigenvalue weighted by Crippen LogP contribution is -1.87. The number of rotatable bonds is 1. The smallest absolute Gasteiger partial charge is 0.138 e. The van der Waals surface area contributed by atoms with Gasteiger partial charge in [-0.3, -0.25) is 4.98 Å². The normalized spacial score (nSPS) is 10.9. The molecule has 0 aliphatic carbocycles. The molecule has 0 radical (unpaired) electrons. The molecule has 2 heterocycles. The number of aromatic amines is 1. The molecule has 0 saturated carbocycles. The van der Waals surface area contributed by atoms with E-state index in [4.69, 9.17) is 5.73 Å². The van der Waals surface area contributed by atoms with Crippen molar-refractivity contribution in [3.05, 3.63) is 41.1 Å². The third kappa shape index (κ3) is 1.89. The first-order valence-electron chi connectivity index (χ1n) is 5.08. The maximum Gasteiger partial charge on any atom is 0.138 e. The second-order valence-corrected chi connectivity index (χ2v) is 4.67. The molecule has 3 N–H and O–H groups in total. The molecule has 0 saturated heterocycles. The molecule has 0 bridgehead atoms. The first-order chi connectivity index (χ1) is 8.22. The molecular weight excluding hydrogens is 280 g/mol. The van der Waals surface area contributed by atoms with Crippen molar-refractivity contribution in [2.45, 2.75) is 0 Å². The van der Waals surface area contributed by atoms with Crippen molar-refractivity contribution in [1.29, 1.82) is 0 Å². The number of pyridine rings is 1. The molecule has 0 aliphatic heterocycles. The summed E-state index contributed by atoms with van der Waals surface area (Å²) in [6.07, 6.45) is 3.48. The second-order valence-electron chi connectivity index (χ2n) is 3.75. The highest BCUT2D eigenvalue weighted by atomic mass is 79.9. The molecule has 0 spiro atoms. The number of benzene rings is 1. The number of halogens is 1. The zero-order valence-corrected chi connectivity index (χ0v) is 10.4. The van der Waals surface area contributed by atoms with Crippen molar-refractivity contribution in [1.82, 2.24) is 15.0 Å². The fourth-order valence-corrected chi connectivity index (χ4v) is 2.25. The number of aromatic nitrogens is 3. The number of hydrogen-bond donors (Lipinski definition) is 2. The van der Waals surface area contributed by atoms with E-state index in [0.717, 1.165) is 26.9 Å². The van der Waals surface area contributed by atoms with Gasteiger partial charge in [-0.1, -0.05) is 15.9 Å². The van der Waals surface area contributed by atoms with Crippen LogP contribution in [0.5, 0.6) is 0 Å². The zero-order chi connectivity index (χ0) is 11.8. The average molecular weight is 289 g/mol. The first kappa shape index (κ1) is 10.3. The quantitative estimate of drug-likeness (QED) is 0.677. The summed E-state index contributed by atoms with van der Waals surface area (Å²) in [5.74, 6) is 0.793. The summed E-state index contributed by atoms with van der Waals surface area (Å²) in [5.41, 5.74) is 9.28. The molecule has 3 aromatic rings. The Kier molecular flexibility index (Phi) is 2.33. The standard InChI is InChI=1S/C12H9BrN4/c13-8-3-7(4-9(14)5-8)12-16-10-1-2-15-6-11(10)17-12/h1-6H,14H2,(H,16,17). The predicted molar refractivity (Wildman–Crippen MR) is 71.4 cm³/mol. The summed E-state index contributed by atoms with van der Waals surface area (Å²) in [4.78, 5) is 11.8. The minimum Gasteiger partial charge on any atom is -0.399 e. The van der Waals surface area contributed by atoms with Crippen LogP contribution in [0.1, 0.15) is 0 Å². The van der Waals surface area contributed by atoms with Crippen molar-refractivity contribution < 1.29 is 0 Å². The Morgan fingerprint density at radius 1 is 1.24 bits per heavy atom. The van der Waals surface area contributed by atoms with E-state index < -0.39 is 0 Å². The summed E-state index contributed by atoms with van der Waals surface area (Å²) in [6.45, 7) is 0. The fourth-order valence-electron chi connectivity index (χ4n) is 1.74. The number of nitrogens with one attached hydrogen (secondary N) is 1. The Balaban J connectivity index is 2.20. The largest absolute Gasteiger partial charge is 0.399 e. The number of imidazole rings is 1. The topological polar surface area (TPSA) is 67.6 Å². The first-order valence-corrected chi connectivity index (χ1v) is 5.88. The third-order valence-electron chi connectivity index (χ3n) is 2.48. The minimum atomic E-state index is 0.702. The van der Waals surface area contributed by atoms with Crippen LogP contribution in [0.4, 0.5) is 5.69 Å². The van der Waals surface area contributed by atoms with Gasteiger partial charge >= 0.3 is 0 Å². The molecule has 0 fully saturated rings. The van der Waals surface area contributed by atoms with Gasteiger partial charge in [0, 0.05) is 21.9 Å². The molecule has 0 unspecified atom stereocenters. The van der Waals surface area contributed by atoms with Crippen molar-refractivity contribution in [3.63, 3.8) is 0 Å². The van der Waals surface area contributed by atoms with Crippen molar-refractivity contribution in [3.8, 4) is 11.4 Å². The number of nitrogen functional groups attached to an aromatic ring is 1. The van der Waals surface area contributed by atoms with Crippen LogP contribution >= 0.6 is 15.9 Å². The SMILES string of the molecule is Nc1cc(Br)cc(-c2nc3ccncc3[nH]2)c1. The molecule has 3 rings (SSSR count). The van der Waals surface area contributed by atoms with E-state index in [0.29, 0.717) is 5.69 Å². The Morgan fingerprint density at radius 3 is 2.88 bits per heavy atom. The molecular formula is C12H9BrN4. The highest BCUT2D eigenvalue weighted by Crippen LogP contribution is 2.25. The lowest BCUT2D eigenvalue weighted by molar-refractivity contribution is 1.32. The van der Waals surface area contributed by atoms with Crippen molar-refractivity contribution in [2.75, 3.05) is 5.73 Å². The lowest BCUT2D eigenvalue weighted by atomic mass is 10.2. The van der Waals surface area contributed by atoms with E-state index in [1.165, 1.54) is 0 Å². The molecule has 2 aromatic heterocycles. The molecule has 0 atom stereocenters. The Hall–Kier alpha value is -1.88. The van der Waals surface area contributed by atoms with Crippen molar-refractivity contribution >= 4 is 32.7 Å². The van der Waals surface area contributed by atoms with Crippen LogP contribution in [0, 0.1) is 0 Å². The summed E-state index contributed by atoms with van der Waals surface area (Å²) in [5, 5.41) is 0. The van der Waals surface area contributed by atoms with Crippen LogP contribution in [0.15, 0.2) is 41.1 Å². The van der Waals surface area contributed by atoms with E-state index in [-0.39, 0.29) is 0 Å². The van der Waals surface area contributed by atoms with Gasteiger partial charge in [-0.15, -0.1) is 0 Å². The maximum atomic E-state index is 5.81. The van der Waals surface area contributed by atoms with E-state index >= 15 is 0 Å². The lowest BCUT2D eigenvalue weighted by Gasteiger charge is -2.00. The van der Waals surface area contributed by atoms with Crippen molar-refractivity contribution in [2.24, 2.45) is 0 Å². The van der Waals surface area contributed by atoms with Gasteiger partial charge in [0.2, 0.25) is 0 Å². The second kappa shape index (κ2) is 3.85. The zero-order valence-electron chi connectivity index (χ0n) is 8.81. The highest BCUT2D eigenvalue weighted by molar-refractivity contribution is 9.10. The fraction of sp³-hybridized carbons (Fsp3) is 0. The third-order valence-corrected chi connectivity index (χ3v) is 2.93. The number of anilines is 1. The number of fused-ring (bicyclic) bond motifs is 1. The molecule has 5 heteroatoms. The van der Waals surface area contributed by atoms with Gasteiger partial charge in [-0.2, -0.15) is 0 Å². The minimum absolute atomic E-state index is 0.702. The number of hydrogen-bond acceptors (Lipinski definition) is 3. The van der Waals surface area contributed by atoms with Gasteiger partial charge in [-0.25, -0.2) is 4.98 Å². The van der Waals surface area contributed by atoms with E-state index in [2.05, 4.69) is 30.9 Å². The summed E-state index contributed by atoms with van der Waals surface area (Å²) < 4.78 is 0.936. The Morgan fingerprint density at radius 2 is 2.12 bits per heavy atom. The van der Waals surface area contributed by atoms with Gasteiger partial charge in [0.05, 0.1) is 17.2 Å². The molecule has 0 amide bonds. The van der Waals surface area contributed by atoms with Gasteiger partial charge in [0.1, 0.15) is 5.82 Å². The van der Waals surface area contributed by atoms with Crippen LogP contribution in [-0.2, 0) is 0 Å². The summed E-state index contributed by atoms with van der Waals surface area (Å²) in [6, 6.07) is 7.59. The number of H-pyrrole nitrogens is 1. The van der Waals surface area contributed by atoms with Crippen LogP contribution in [0.25, 0.3) is 22.4 Å². The van der Waals surface area contributed by atoms with Gasteiger partial charge in [0.15, 0.2) is 0 Å². The molecule has 4 nitrogen and oxygen atoms in total. The predicted octanol–water partition coefficient (Wildman–Crippen LogP) is 2.97. The maximum absolute atomic E-state index is 5.81. The molecule has 17 heavy (non-hydrogen) atoms. The van der Waals surface area contributed by atoms with Crippen LogP contribution in [0.2, 0.25) is 0 Å². The van der Waals surface area contributed by atoms with Crippen LogP contribution in [-0.4, -0.2) is 15.0 Å². The summed E-state index contributed by atoms with van der Waals surface area (Å²) in [7, 11) is 0. The van der Waals surface area contributed by atoms with E-state index in [1.807, 2.05) is 24.3 Å². The monoisotopic (exact) mass is 288 g/mol. The molecule has 0 aliphatic rings. The van der Waals surface area contributed by atoms with Gasteiger partial charge in [-0.05, 0) is 24.3 Å². The number of nitrogens with two attached hydrogens (primary N) is 1. The molecule has 1 aromatic carbocycles. The Bertz CT molecular complexity index is 637. The number of nitrogens with zero attached hydrogens (tertiary/aromatic N) is 2. The van der Waals surface area contributed by atoms with E-state index in [9.17, 15) is 0 Å². The van der Waals surface area contributed by atoms with Crippen LogP contribution in [0.3, 0.4) is 0 Å². The highest BCUT2D eigenvalue weighted by Gasteiger charge is 2.06. The van der Waals surface area contributed by atoms with Gasteiger partial charge in [0.25, 0.3) is 0 Å². The molecule has 84 valence electrons.